The van der Waals surface area contributed by atoms with Gasteiger partial charge in [-0.1, -0.05) is 49.0 Å². The first-order chi connectivity index (χ1) is 9.79. The molecule has 1 aromatic carbocycles. The second kappa shape index (κ2) is 8.07. The summed E-state index contributed by atoms with van der Waals surface area (Å²) in [7, 11) is 1.71. The molecule has 0 amide bonds. The highest BCUT2D eigenvalue weighted by Gasteiger charge is 2.10. The van der Waals surface area contributed by atoms with Crippen LogP contribution in [0, 0.1) is 0 Å². The number of benzene rings is 1. The largest absolute Gasteiger partial charge is 0.383 e. The zero-order chi connectivity index (χ0) is 14.2. The minimum absolute atomic E-state index is 0.515. The van der Waals surface area contributed by atoms with Crippen molar-refractivity contribution in [3.8, 4) is 0 Å². The second-order valence-corrected chi connectivity index (χ2v) is 6.16. The number of methoxy groups -OCH3 is 1. The Labute approximate surface area is 124 Å². The Hall–Kier alpha value is -1.33. The second-order valence-electron chi connectivity index (χ2n) is 4.75. The summed E-state index contributed by atoms with van der Waals surface area (Å²) in [4.78, 5) is 0. The molecule has 0 saturated carbocycles. The van der Waals surface area contributed by atoms with Gasteiger partial charge in [-0.2, -0.15) is 0 Å². The van der Waals surface area contributed by atoms with Crippen LogP contribution in [0.15, 0.2) is 41.8 Å². The van der Waals surface area contributed by atoms with E-state index in [0.717, 1.165) is 24.5 Å². The van der Waals surface area contributed by atoms with Crippen molar-refractivity contribution in [2.24, 2.45) is 0 Å². The summed E-state index contributed by atoms with van der Waals surface area (Å²) in [6.07, 6.45) is 4.00. The Morgan fingerprint density at radius 1 is 1.30 bits per heavy atom. The molecule has 1 aromatic heterocycles. The van der Waals surface area contributed by atoms with E-state index in [4.69, 9.17) is 4.74 Å². The van der Waals surface area contributed by atoms with E-state index < -0.39 is 0 Å². The molecule has 0 N–H and O–H groups in total. The van der Waals surface area contributed by atoms with Crippen molar-refractivity contribution in [1.29, 1.82) is 0 Å². The molecule has 0 bridgehead atoms. The third kappa shape index (κ3) is 4.65. The summed E-state index contributed by atoms with van der Waals surface area (Å²) in [5, 5.41) is 9.66. The number of aromatic nitrogens is 3. The van der Waals surface area contributed by atoms with Gasteiger partial charge in [-0.25, -0.2) is 0 Å². The fraction of sp³-hybridized carbons (Fsp3) is 0.467. The average molecular weight is 291 g/mol. The van der Waals surface area contributed by atoms with Gasteiger partial charge in [-0.05, 0) is 18.4 Å². The van der Waals surface area contributed by atoms with E-state index in [1.807, 2.05) is 4.57 Å². The summed E-state index contributed by atoms with van der Waals surface area (Å²) in [6.45, 7) is 3.73. The summed E-state index contributed by atoms with van der Waals surface area (Å²) >= 11 is 1.78. The molecule has 2 aromatic rings. The molecule has 4 nitrogen and oxygen atoms in total. The zero-order valence-electron chi connectivity index (χ0n) is 12.0. The van der Waals surface area contributed by atoms with Gasteiger partial charge in [0.1, 0.15) is 6.33 Å². The van der Waals surface area contributed by atoms with Crippen LogP contribution in [0.2, 0.25) is 0 Å². The highest BCUT2D eigenvalue weighted by molar-refractivity contribution is 7.99. The summed E-state index contributed by atoms with van der Waals surface area (Å²) in [5.41, 5.74) is 1.39. The van der Waals surface area contributed by atoms with Gasteiger partial charge in [0.05, 0.1) is 6.61 Å². The smallest absolute Gasteiger partial charge is 0.191 e. The normalized spacial score (nSPS) is 12.5. The standard InChI is InChI=1S/C15H21N3OS/c1-13(8-9-14-6-4-3-5-7-14)20-15-17-16-12-18(15)10-11-19-2/h3-7,12-13H,8-11H2,1-2H3. The minimum atomic E-state index is 0.515. The van der Waals surface area contributed by atoms with Crippen LogP contribution in [-0.4, -0.2) is 33.7 Å². The average Bonchev–Trinajstić information content (AvgIpc) is 2.91. The molecule has 0 aliphatic heterocycles. The van der Waals surface area contributed by atoms with E-state index in [1.165, 1.54) is 5.56 Å². The first-order valence-corrected chi connectivity index (χ1v) is 7.75. The highest BCUT2D eigenvalue weighted by Crippen LogP contribution is 2.24. The van der Waals surface area contributed by atoms with E-state index in [9.17, 15) is 0 Å². The Balaban J connectivity index is 1.82. The lowest BCUT2D eigenvalue weighted by molar-refractivity contribution is 0.184. The lowest BCUT2D eigenvalue weighted by Gasteiger charge is -2.11. The van der Waals surface area contributed by atoms with Crippen LogP contribution >= 0.6 is 11.8 Å². The maximum atomic E-state index is 5.09. The van der Waals surface area contributed by atoms with Crippen LogP contribution in [-0.2, 0) is 17.7 Å². The lowest BCUT2D eigenvalue weighted by atomic mass is 10.1. The predicted molar refractivity (Wildman–Crippen MR) is 82.0 cm³/mol. The van der Waals surface area contributed by atoms with Gasteiger partial charge >= 0.3 is 0 Å². The highest BCUT2D eigenvalue weighted by atomic mass is 32.2. The lowest BCUT2D eigenvalue weighted by Crippen LogP contribution is -2.07. The van der Waals surface area contributed by atoms with Gasteiger partial charge in [0, 0.05) is 18.9 Å². The molecular weight excluding hydrogens is 270 g/mol. The van der Waals surface area contributed by atoms with E-state index in [1.54, 1.807) is 25.2 Å². The van der Waals surface area contributed by atoms with Gasteiger partial charge < -0.3 is 9.30 Å². The Morgan fingerprint density at radius 2 is 2.10 bits per heavy atom. The molecule has 5 heteroatoms. The van der Waals surface area contributed by atoms with Crippen molar-refractivity contribution in [2.75, 3.05) is 13.7 Å². The van der Waals surface area contributed by atoms with Crippen molar-refractivity contribution >= 4 is 11.8 Å². The van der Waals surface area contributed by atoms with Crippen molar-refractivity contribution in [3.63, 3.8) is 0 Å². The van der Waals surface area contributed by atoms with Crippen LogP contribution in [0.25, 0.3) is 0 Å². The van der Waals surface area contributed by atoms with Gasteiger partial charge in [0.2, 0.25) is 0 Å². The molecule has 0 saturated heterocycles. The molecule has 2 rings (SSSR count). The fourth-order valence-corrected chi connectivity index (χ4v) is 2.90. The summed E-state index contributed by atoms with van der Waals surface area (Å²) in [6, 6.07) is 10.6. The van der Waals surface area contributed by atoms with Crippen molar-refractivity contribution < 1.29 is 4.74 Å². The SMILES string of the molecule is COCCn1cnnc1SC(C)CCc1ccccc1. The monoisotopic (exact) mass is 291 g/mol. The number of rotatable bonds is 8. The summed E-state index contributed by atoms with van der Waals surface area (Å²) < 4.78 is 7.14. The van der Waals surface area contributed by atoms with Crippen LogP contribution in [0.4, 0.5) is 0 Å². The number of ether oxygens (including phenoxy) is 1. The minimum Gasteiger partial charge on any atom is -0.383 e. The quantitative estimate of drug-likeness (QED) is 0.701. The van der Waals surface area contributed by atoms with E-state index in [2.05, 4.69) is 47.5 Å². The molecule has 0 fully saturated rings. The Morgan fingerprint density at radius 3 is 2.85 bits per heavy atom. The maximum Gasteiger partial charge on any atom is 0.191 e. The third-order valence-corrected chi connectivity index (χ3v) is 4.27. The zero-order valence-corrected chi connectivity index (χ0v) is 12.8. The Bertz CT molecular complexity index is 501. The molecule has 0 radical (unpaired) electrons. The number of thioether (sulfide) groups is 1. The molecule has 20 heavy (non-hydrogen) atoms. The maximum absolute atomic E-state index is 5.09. The van der Waals surface area contributed by atoms with E-state index in [0.29, 0.717) is 11.9 Å². The number of hydrogen-bond donors (Lipinski definition) is 0. The van der Waals surface area contributed by atoms with Gasteiger partial charge in [-0.15, -0.1) is 10.2 Å². The molecule has 1 atom stereocenters. The first kappa shape index (κ1) is 15.1. The van der Waals surface area contributed by atoms with E-state index >= 15 is 0 Å². The molecule has 108 valence electrons. The van der Waals surface area contributed by atoms with Crippen molar-refractivity contribution in [1.82, 2.24) is 14.8 Å². The number of hydrogen-bond acceptors (Lipinski definition) is 4. The van der Waals surface area contributed by atoms with Crippen molar-refractivity contribution in [3.05, 3.63) is 42.2 Å². The molecule has 0 spiro atoms. The first-order valence-electron chi connectivity index (χ1n) is 6.87. The molecular formula is C15H21N3OS. The molecule has 0 aliphatic carbocycles. The number of nitrogens with zero attached hydrogens (tertiary/aromatic N) is 3. The third-order valence-electron chi connectivity index (χ3n) is 3.11. The van der Waals surface area contributed by atoms with Crippen LogP contribution in [0.1, 0.15) is 18.9 Å². The van der Waals surface area contributed by atoms with Crippen LogP contribution < -0.4 is 0 Å². The van der Waals surface area contributed by atoms with Gasteiger partial charge in [0.25, 0.3) is 0 Å². The Kier molecular flexibility index (Phi) is 6.08. The van der Waals surface area contributed by atoms with Crippen LogP contribution in [0.3, 0.4) is 0 Å². The fourth-order valence-electron chi connectivity index (χ4n) is 1.93. The summed E-state index contributed by atoms with van der Waals surface area (Å²) in [5.74, 6) is 0. The van der Waals surface area contributed by atoms with E-state index in [-0.39, 0.29) is 0 Å². The molecule has 0 aliphatic rings. The molecule has 1 unspecified atom stereocenters. The van der Waals surface area contributed by atoms with Crippen LogP contribution in [0.5, 0.6) is 0 Å². The number of aryl methyl sites for hydroxylation is 1. The predicted octanol–water partition coefficient (Wildman–Crippen LogP) is 3.04. The van der Waals surface area contributed by atoms with Gasteiger partial charge in [-0.3, -0.25) is 0 Å². The molecule has 1 heterocycles. The van der Waals surface area contributed by atoms with Gasteiger partial charge in [0.15, 0.2) is 5.16 Å². The van der Waals surface area contributed by atoms with Crippen molar-refractivity contribution in [2.45, 2.75) is 36.7 Å². The topological polar surface area (TPSA) is 39.9 Å².